The Morgan fingerprint density at radius 3 is 2.74 bits per heavy atom. The van der Waals surface area contributed by atoms with E-state index in [9.17, 15) is 4.79 Å². The number of rotatable bonds is 7. The largest absolute Gasteiger partial charge is 0.489 e. The zero-order valence-corrected chi connectivity index (χ0v) is 18.6. The Bertz CT molecular complexity index is 1210. The number of thiophene rings is 1. The molecule has 6 nitrogen and oxygen atoms in total. The number of hydrogen-bond acceptors (Lipinski definition) is 5. The smallest absolute Gasteiger partial charge is 0.268 e. The van der Waals surface area contributed by atoms with E-state index in [4.69, 9.17) is 4.74 Å². The Morgan fingerprint density at radius 1 is 1.10 bits per heavy atom. The van der Waals surface area contributed by atoms with E-state index in [1.807, 2.05) is 42.6 Å². The second kappa shape index (κ2) is 9.14. The van der Waals surface area contributed by atoms with Crippen LogP contribution in [-0.2, 0) is 13.2 Å². The molecule has 2 aromatic heterocycles. The van der Waals surface area contributed by atoms with Crippen molar-refractivity contribution in [2.24, 2.45) is 0 Å². The van der Waals surface area contributed by atoms with Gasteiger partial charge in [-0.2, -0.15) is 0 Å². The summed E-state index contributed by atoms with van der Waals surface area (Å²) in [5.41, 5.74) is 5.63. The predicted molar refractivity (Wildman–Crippen MR) is 123 cm³/mol. The minimum Gasteiger partial charge on any atom is -0.489 e. The lowest BCUT2D eigenvalue weighted by Crippen LogP contribution is -2.12. The molecule has 0 saturated carbocycles. The first-order valence-electron chi connectivity index (χ1n) is 10.0. The van der Waals surface area contributed by atoms with Crippen molar-refractivity contribution < 1.29 is 9.53 Å². The Kier molecular flexibility index (Phi) is 6.13. The maximum atomic E-state index is 12.6. The first-order chi connectivity index (χ1) is 15.0. The normalized spacial score (nSPS) is 10.8. The third-order valence-electron chi connectivity index (χ3n) is 5.18. The first kappa shape index (κ1) is 20.8. The number of anilines is 1. The van der Waals surface area contributed by atoms with E-state index in [0.29, 0.717) is 24.0 Å². The Morgan fingerprint density at radius 2 is 1.90 bits per heavy atom. The number of carbonyl (C=O) groups is 1. The van der Waals surface area contributed by atoms with Crippen LogP contribution < -0.4 is 10.1 Å². The lowest BCUT2D eigenvalue weighted by molar-refractivity contribution is 0.102. The Balaban J connectivity index is 1.35. The predicted octanol–water partition coefficient (Wildman–Crippen LogP) is 5.14. The molecule has 0 fully saturated rings. The molecule has 0 aliphatic rings. The second-order valence-corrected chi connectivity index (χ2v) is 8.36. The van der Waals surface area contributed by atoms with Crippen LogP contribution in [0.25, 0.3) is 0 Å². The fourth-order valence-corrected chi connectivity index (χ4v) is 3.96. The topological polar surface area (TPSA) is 69.0 Å². The Labute approximate surface area is 185 Å². The minimum atomic E-state index is -0.225. The van der Waals surface area contributed by atoms with Crippen molar-refractivity contribution in [1.29, 1.82) is 0 Å². The van der Waals surface area contributed by atoms with Crippen LogP contribution in [0, 0.1) is 20.8 Å². The minimum absolute atomic E-state index is 0.225. The zero-order chi connectivity index (χ0) is 21.8. The number of ether oxygens (including phenoxy) is 1. The van der Waals surface area contributed by atoms with E-state index < -0.39 is 0 Å². The summed E-state index contributed by atoms with van der Waals surface area (Å²) in [6.45, 7) is 7.19. The first-order valence-corrected chi connectivity index (χ1v) is 10.9. The molecule has 0 aliphatic carbocycles. The summed E-state index contributed by atoms with van der Waals surface area (Å²) in [4.78, 5) is 17.4. The third kappa shape index (κ3) is 5.00. The van der Waals surface area contributed by atoms with Crippen LogP contribution in [-0.4, -0.2) is 20.7 Å². The molecule has 0 saturated heterocycles. The fourth-order valence-electron chi connectivity index (χ4n) is 3.17. The van der Waals surface area contributed by atoms with Crippen LogP contribution in [0.5, 0.6) is 5.75 Å². The molecule has 4 aromatic rings. The van der Waals surface area contributed by atoms with E-state index >= 15 is 0 Å². The van der Waals surface area contributed by atoms with Crippen LogP contribution in [0.2, 0.25) is 0 Å². The van der Waals surface area contributed by atoms with Crippen molar-refractivity contribution in [3.8, 4) is 5.75 Å². The van der Waals surface area contributed by atoms with Crippen molar-refractivity contribution in [3.63, 3.8) is 0 Å². The molecule has 4 rings (SSSR count). The third-order valence-corrected chi connectivity index (χ3v) is 6.16. The van der Waals surface area contributed by atoms with Gasteiger partial charge >= 0.3 is 0 Å². The molecule has 7 heteroatoms. The summed E-state index contributed by atoms with van der Waals surface area (Å²) in [5, 5.41) is 9.07. The molecule has 2 heterocycles. The molecular weight excluding hydrogens is 408 g/mol. The number of nitrogens with zero attached hydrogens (tertiary/aromatic N) is 3. The van der Waals surface area contributed by atoms with Gasteiger partial charge in [-0.05, 0) is 60.5 Å². The average molecular weight is 433 g/mol. The number of benzene rings is 2. The molecule has 0 radical (unpaired) electrons. The van der Waals surface area contributed by atoms with E-state index in [1.165, 1.54) is 22.5 Å². The van der Waals surface area contributed by atoms with E-state index in [1.54, 1.807) is 11.0 Å². The van der Waals surface area contributed by atoms with Gasteiger partial charge in [0.25, 0.3) is 5.91 Å². The number of nitrogens with one attached hydrogen (secondary N) is 1. The molecule has 0 spiro atoms. The number of amides is 1. The van der Waals surface area contributed by atoms with Gasteiger partial charge in [-0.1, -0.05) is 36.4 Å². The highest BCUT2D eigenvalue weighted by Crippen LogP contribution is 2.23. The van der Waals surface area contributed by atoms with E-state index in [2.05, 4.69) is 47.4 Å². The highest BCUT2D eigenvalue weighted by atomic mass is 32.1. The zero-order valence-electron chi connectivity index (χ0n) is 17.8. The van der Waals surface area contributed by atoms with Crippen molar-refractivity contribution >= 4 is 23.2 Å². The lowest BCUT2D eigenvalue weighted by atomic mass is 10.1. The Hall–Kier alpha value is -3.45. The van der Waals surface area contributed by atoms with Gasteiger partial charge in [0.05, 0.1) is 11.4 Å². The van der Waals surface area contributed by atoms with E-state index in [-0.39, 0.29) is 5.91 Å². The maximum Gasteiger partial charge on any atom is 0.268 e. The lowest BCUT2D eigenvalue weighted by Gasteiger charge is -2.09. The SMILES string of the molecule is Cc1ccccc1Cn1cnc(NC(=O)c2cc(COc3cccc(C)c3C)cs2)n1. The molecular formula is C24H24N4O2S. The van der Waals surface area contributed by atoms with Gasteiger partial charge in [-0.25, -0.2) is 9.67 Å². The van der Waals surface area contributed by atoms with Crippen molar-refractivity contribution in [2.75, 3.05) is 5.32 Å². The monoisotopic (exact) mass is 432 g/mol. The van der Waals surface area contributed by atoms with Crippen LogP contribution in [0.1, 0.15) is 37.5 Å². The van der Waals surface area contributed by atoms with Gasteiger partial charge < -0.3 is 4.74 Å². The number of aryl methyl sites for hydroxylation is 2. The van der Waals surface area contributed by atoms with Crippen molar-refractivity contribution in [1.82, 2.24) is 14.8 Å². The van der Waals surface area contributed by atoms with Gasteiger partial charge in [0.15, 0.2) is 0 Å². The van der Waals surface area contributed by atoms with Gasteiger partial charge in [-0.3, -0.25) is 10.1 Å². The molecule has 31 heavy (non-hydrogen) atoms. The number of carbonyl (C=O) groups excluding carboxylic acids is 1. The molecule has 0 atom stereocenters. The van der Waals surface area contributed by atoms with Crippen LogP contribution in [0.4, 0.5) is 5.95 Å². The van der Waals surface area contributed by atoms with Crippen molar-refractivity contribution in [3.05, 3.63) is 92.9 Å². The molecule has 1 amide bonds. The van der Waals surface area contributed by atoms with Crippen LogP contribution >= 0.6 is 11.3 Å². The molecule has 158 valence electrons. The maximum absolute atomic E-state index is 12.6. The molecule has 1 N–H and O–H groups in total. The molecule has 0 aliphatic heterocycles. The summed E-state index contributed by atoms with van der Waals surface area (Å²) < 4.78 is 7.65. The van der Waals surface area contributed by atoms with Gasteiger partial charge in [0.2, 0.25) is 5.95 Å². The van der Waals surface area contributed by atoms with Gasteiger partial charge in [0, 0.05) is 5.56 Å². The van der Waals surface area contributed by atoms with E-state index in [0.717, 1.165) is 22.4 Å². The van der Waals surface area contributed by atoms with Crippen LogP contribution in [0.3, 0.4) is 0 Å². The highest BCUT2D eigenvalue weighted by Gasteiger charge is 2.13. The molecule has 0 unspecified atom stereocenters. The summed E-state index contributed by atoms with van der Waals surface area (Å²) in [6, 6.07) is 16.0. The molecule has 0 bridgehead atoms. The number of aromatic nitrogens is 3. The quantitative estimate of drug-likeness (QED) is 0.439. The van der Waals surface area contributed by atoms with Crippen LogP contribution in [0.15, 0.2) is 60.2 Å². The number of hydrogen-bond donors (Lipinski definition) is 1. The summed E-state index contributed by atoms with van der Waals surface area (Å²) >= 11 is 1.38. The summed E-state index contributed by atoms with van der Waals surface area (Å²) in [5.74, 6) is 0.928. The summed E-state index contributed by atoms with van der Waals surface area (Å²) in [7, 11) is 0. The molecule has 2 aromatic carbocycles. The second-order valence-electron chi connectivity index (χ2n) is 7.45. The van der Waals surface area contributed by atoms with Crippen molar-refractivity contribution in [2.45, 2.75) is 33.9 Å². The van der Waals surface area contributed by atoms with Gasteiger partial charge in [-0.15, -0.1) is 16.4 Å². The highest BCUT2D eigenvalue weighted by molar-refractivity contribution is 7.12. The van der Waals surface area contributed by atoms with Gasteiger partial charge in [0.1, 0.15) is 18.7 Å². The standard InChI is InChI=1S/C24H24N4O2S/c1-16-8-6-10-21(18(16)3)30-13-19-11-22(31-14-19)23(29)26-24-25-15-28(27-24)12-20-9-5-4-7-17(20)2/h4-11,14-15H,12-13H2,1-3H3,(H,26,27,29). The summed E-state index contributed by atoms with van der Waals surface area (Å²) in [6.07, 6.45) is 1.62. The average Bonchev–Trinajstić information content (AvgIpc) is 3.40. The fraction of sp³-hybridized carbons (Fsp3) is 0.208.